The van der Waals surface area contributed by atoms with Gasteiger partial charge in [-0.2, -0.15) is 0 Å². The minimum atomic E-state index is -1.18. The zero-order valence-corrected chi connectivity index (χ0v) is 23.8. The molecule has 2 N–H and O–H groups in total. The van der Waals surface area contributed by atoms with Crippen molar-refractivity contribution < 1.29 is 38.8 Å². The Bertz CT molecular complexity index is 829. The number of cyclic esters (lactones) is 1. The van der Waals surface area contributed by atoms with Gasteiger partial charge < -0.3 is 29.3 Å². The third kappa shape index (κ3) is 7.47. The van der Waals surface area contributed by atoms with Crippen LogP contribution in [0.15, 0.2) is 12.2 Å². The van der Waals surface area contributed by atoms with Gasteiger partial charge in [0.15, 0.2) is 17.9 Å². The first-order chi connectivity index (χ1) is 17.2. The molecule has 212 valence electrons. The van der Waals surface area contributed by atoms with Gasteiger partial charge in [-0.15, -0.1) is 0 Å². The summed E-state index contributed by atoms with van der Waals surface area (Å²) in [7, 11) is 3.50. The number of carbonyl (C=O) groups is 3. The van der Waals surface area contributed by atoms with Crippen molar-refractivity contribution >= 4 is 17.5 Å². The van der Waals surface area contributed by atoms with Crippen LogP contribution in [0, 0.1) is 29.6 Å². The fourth-order valence-corrected chi connectivity index (χ4v) is 5.47. The Hall–Kier alpha value is -1.65. The molecule has 12 unspecified atom stereocenters. The van der Waals surface area contributed by atoms with Crippen LogP contribution < -0.4 is 0 Å². The molecular formula is C28H47NO8. The molecule has 0 saturated carbocycles. The second-order valence-electron chi connectivity index (χ2n) is 11.3. The summed E-state index contributed by atoms with van der Waals surface area (Å²) in [5.74, 6) is -3.53. The molecule has 2 heterocycles. The zero-order valence-electron chi connectivity index (χ0n) is 23.8. The number of nitrogens with zero attached hydrogens (tertiary/aromatic N) is 1. The molecule has 9 nitrogen and oxygen atoms in total. The lowest BCUT2D eigenvalue weighted by atomic mass is 9.80. The van der Waals surface area contributed by atoms with Gasteiger partial charge in [-0.25, -0.2) is 0 Å². The summed E-state index contributed by atoms with van der Waals surface area (Å²) in [6.07, 6.45) is -0.736. The number of aliphatic hydroxyl groups excluding tert-OH is 2. The Balaban J connectivity index is 2.42. The third-order valence-electron chi connectivity index (χ3n) is 8.01. The van der Waals surface area contributed by atoms with Crippen LogP contribution in [0.2, 0.25) is 0 Å². The average Bonchev–Trinajstić information content (AvgIpc) is 2.84. The summed E-state index contributed by atoms with van der Waals surface area (Å²) < 4.78 is 17.8. The van der Waals surface area contributed by atoms with Crippen LogP contribution in [0.3, 0.4) is 0 Å². The lowest BCUT2D eigenvalue weighted by Crippen LogP contribution is -2.63. The zero-order chi connectivity index (χ0) is 28.2. The maximum atomic E-state index is 13.5. The van der Waals surface area contributed by atoms with Gasteiger partial charge in [-0.1, -0.05) is 40.7 Å². The van der Waals surface area contributed by atoms with Crippen molar-refractivity contribution in [3.8, 4) is 0 Å². The van der Waals surface area contributed by atoms with Gasteiger partial charge in [0.2, 0.25) is 0 Å². The first-order valence-electron chi connectivity index (χ1n) is 13.5. The molecule has 0 aromatic carbocycles. The summed E-state index contributed by atoms with van der Waals surface area (Å²) >= 11 is 0. The first kappa shape index (κ1) is 31.6. The fraction of sp³-hybridized carbons (Fsp3) is 0.821. The highest BCUT2D eigenvalue weighted by molar-refractivity contribution is 6.00. The van der Waals surface area contributed by atoms with E-state index in [1.165, 1.54) is 0 Å². The van der Waals surface area contributed by atoms with E-state index in [-0.39, 0.29) is 29.3 Å². The summed E-state index contributed by atoms with van der Waals surface area (Å²) in [4.78, 5) is 41.0. The van der Waals surface area contributed by atoms with Crippen LogP contribution in [-0.2, 0) is 28.6 Å². The van der Waals surface area contributed by atoms with Crippen LogP contribution in [-0.4, -0.2) is 89.6 Å². The lowest BCUT2D eigenvalue weighted by molar-refractivity contribution is -0.300. The largest absolute Gasteiger partial charge is 0.461 e. The molecule has 0 amide bonds. The van der Waals surface area contributed by atoms with Crippen molar-refractivity contribution in [2.45, 2.75) is 104 Å². The smallest absolute Gasteiger partial charge is 0.316 e. The maximum Gasteiger partial charge on any atom is 0.316 e. The summed E-state index contributed by atoms with van der Waals surface area (Å²) in [6.45, 7) is 12.5. The number of rotatable bonds is 4. The van der Waals surface area contributed by atoms with Crippen molar-refractivity contribution in [2.24, 2.45) is 29.6 Å². The number of aliphatic hydroxyl groups is 2. The predicted octanol–water partition coefficient (Wildman–Crippen LogP) is 2.37. The second kappa shape index (κ2) is 13.4. The van der Waals surface area contributed by atoms with Gasteiger partial charge in [-0.05, 0) is 52.8 Å². The molecule has 12 atom stereocenters. The average molecular weight is 526 g/mol. The second-order valence-corrected chi connectivity index (χ2v) is 11.3. The summed E-state index contributed by atoms with van der Waals surface area (Å²) in [5, 5.41) is 21.6. The number of Topliss-reactive ketones (excluding diaryl/α,β-unsaturated/α-hetero) is 1. The van der Waals surface area contributed by atoms with E-state index in [9.17, 15) is 24.6 Å². The van der Waals surface area contributed by atoms with Crippen LogP contribution in [0.25, 0.3) is 0 Å². The highest BCUT2D eigenvalue weighted by atomic mass is 16.7. The molecule has 9 heteroatoms. The monoisotopic (exact) mass is 525 g/mol. The SMILES string of the molecule is CCC1OC(=O)C(C)C(=O)C(C)C(OC2OC(C)C(O)C(N(C)C)C2O)C(C)CC(C)C(=O)C=CC1C. The molecule has 1 fully saturated rings. The predicted molar refractivity (Wildman–Crippen MR) is 138 cm³/mol. The fourth-order valence-electron chi connectivity index (χ4n) is 5.47. The van der Waals surface area contributed by atoms with E-state index in [0.717, 1.165) is 0 Å². The highest BCUT2D eigenvalue weighted by Crippen LogP contribution is 2.32. The molecule has 2 aliphatic rings. The van der Waals surface area contributed by atoms with E-state index in [1.807, 2.05) is 27.7 Å². The first-order valence-corrected chi connectivity index (χ1v) is 13.5. The molecule has 0 aliphatic carbocycles. The molecular weight excluding hydrogens is 478 g/mol. The third-order valence-corrected chi connectivity index (χ3v) is 8.01. The van der Waals surface area contributed by atoms with Crippen molar-refractivity contribution in [1.29, 1.82) is 0 Å². The molecule has 2 aliphatic heterocycles. The molecule has 0 aromatic heterocycles. The van der Waals surface area contributed by atoms with Gasteiger partial charge in [0, 0.05) is 17.8 Å². The van der Waals surface area contributed by atoms with Crippen molar-refractivity contribution in [1.82, 2.24) is 4.90 Å². The van der Waals surface area contributed by atoms with Gasteiger partial charge >= 0.3 is 5.97 Å². The Morgan fingerprint density at radius 1 is 1.03 bits per heavy atom. The van der Waals surface area contributed by atoms with Crippen LogP contribution in [0.1, 0.15) is 61.3 Å². The minimum absolute atomic E-state index is 0.0543. The quantitative estimate of drug-likeness (QED) is 0.421. The molecule has 0 spiro atoms. The molecule has 37 heavy (non-hydrogen) atoms. The van der Waals surface area contributed by atoms with E-state index in [0.29, 0.717) is 12.8 Å². The summed E-state index contributed by atoms with van der Waals surface area (Å²) in [5.41, 5.74) is 0. The Morgan fingerprint density at radius 2 is 1.65 bits per heavy atom. The van der Waals surface area contributed by atoms with Crippen LogP contribution >= 0.6 is 0 Å². The number of ether oxygens (including phenoxy) is 3. The van der Waals surface area contributed by atoms with Crippen molar-refractivity contribution in [2.75, 3.05) is 14.1 Å². The van der Waals surface area contributed by atoms with E-state index >= 15 is 0 Å². The van der Waals surface area contributed by atoms with Crippen LogP contribution in [0.5, 0.6) is 0 Å². The number of allylic oxidation sites excluding steroid dienone is 1. The van der Waals surface area contributed by atoms with Crippen molar-refractivity contribution in [3.63, 3.8) is 0 Å². The van der Waals surface area contributed by atoms with Gasteiger partial charge in [0.05, 0.1) is 24.4 Å². The number of hydrogen-bond acceptors (Lipinski definition) is 9. The minimum Gasteiger partial charge on any atom is -0.461 e. The normalized spacial score (nSPS) is 43.0. The molecule has 1 saturated heterocycles. The van der Waals surface area contributed by atoms with E-state index < -0.39 is 60.7 Å². The van der Waals surface area contributed by atoms with Gasteiger partial charge in [0.25, 0.3) is 0 Å². The van der Waals surface area contributed by atoms with Gasteiger partial charge in [0.1, 0.15) is 18.1 Å². The van der Waals surface area contributed by atoms with Crippen molar-refractivity contribution in [3.05, 3.63) is 12.2 Å². The Morgan fingerprint density at radius 3 is 2.22 bits per heavy atom. The van der Waals surface area contributed by atoms with Crippen LogP contribution in [0.4, 0.5) is 0 Å². The molecule has 2 rings (SSSR count). The van der Waals surface area contributed by atoms with E-state index in [2.05, 4.69) is 0 Å². The number of ketones is 2. The van der Waals surface area contributed by atoms with Gasteiger partial charge in [-0.3, -0.25) is 14.4 Å². The number of hydrogen-bond donors (Lipinski definition) is 2. The highest BCUT2D eigenvalue weighted by Gasteiger charge is 2.47. The lowest BCUT2D eigenvalue weighted by Gasteiger charge is -2.46. The summed E-state index contributed by atoms with van der Waals surface area (Å²) in [6, 6.07) is -0.638. The number of esters is 1. The Labute approximate surface area is 221 Å². The molecule has 0 bridgehead atoms. The Kier molecular flexibility index (Phi) is 11.5. The molecule has 0 aromatic rings. The van der Waals surface area contributed by atoms with E-state index in [4.69, 9.17) is 14.2 Å². The number of likely N-dealkylation sites (N-methyl/N-ethyl adjacent to an activating group) is 1. The number of carbonyl (C=O) groups excluding carboxylic acids is 3. The standard InChI is InChI=1S/C28H47NO8/c1-10-21-14(2)11-12-20(30)15(3)13-16(4)26(17(5)23(31)18(6)27(34)36-21)37-28-25(33)22(29(8)9)24(32)19(7)35-28/h11-12,14-19,21-22,24-26,28,32-33H,10,13H2,1-9H3. The maximum absolute atomic E-state index is 13.5. The van der Waals surface area contributed by atoms with E-state index in [1.54, 1.807) is 51.9 Å². The molecule has 0 radical (unpaired) electrons. The topological polar surface area (TPSA) is 123 Å².